The molecule has 2 aromatic carbocycles. The van der Waals surface area contributed by atoms with Crippen molar-refractivity contribution in [3.63, 3.8) is 0 Å². The predicted octanol–water partition coefficient (Wildman–Crippen LogP) is 1.88. The first kappa shape index (κ1) is 22.7. The first-order chi connectivity index (χ1) is 17.3. The topological polar surface area (TPSA) is 181 Å². The summed E-state index contributed by atoms with van der Waals surface area (Å²) in [5.74, 6) is -1.24. The van der Waals surface area contributed by atoms with E-state index in [0.717, 1.165) is 10.9 Å². The maximum Gasteiger partial charge on any atom is 0.266 e. The van der Waals surface area contributed by atoms with Crippen molar-refractivity contribution in [2.45, 2.75) is 13.0 Å². The fourth-order valence-corrected chi connectivity index (χ4v) is 4.50. The largest absolute Gasteiger partial charge is 0.508 e. The average molecular weight is 487 g/mol. The molecule has 0 fully saturated rings. The van der Waals surface area contributed by atoms with Gasteiger partial charge in [-0.15, -0.1) is 0 Å². The molecule has 1 aliphatic rings. The van der Waals surface area contributed by atoms with Crippen molar-refractivity contribution in [2.24, 2.45) is 10.8 Å². The number of H-pyrrole nitrogens is 1. The molecule has 2 aromatic heterocycles. The van der Waals surface area contributed by atoms with Gasteiger partial charge in [-0.3, -0.25) is 14.9 Å². The van der Waals surface area contributed by atoms with Gasteiger partial charge in [-0.2, -0.15) is 0 Å². The molecule has 5 rings (SSSR count). The zero-order chi connectivity index (χ0) is 25.4. The molecule has 0 saturated carbocycles. The van der Waals surface area contributed by atoms with Crippen LogP contribution in [0.3, 0.4) is 0 Å². The van der Waals surface area contributed by atoms with Gasteiger partial charge in [-0.25, -0.2) is 10.1 Å². The number of aromatic amines is 1. The Morgan fingerprint density at radius 3 is 2.64 bits per heavy atom. The van der Waals surface area contributed by atoms with Crippen LogP contribution >= 0.6 is 0 Å². The number of aromatic nitrogens is 2. The number of nitro groups is 1. The molecule has 3 heterocycles. The van der Waals surface area contributed by atoms with Crippen molar-refractivity contribution < 1.29 is 19.7 Å². The number of hydrazone groups is 1. The van der Waals surface area contributed by atoms with E-state index >= 15 is 0 Å². The van der Waals surface area contributed by atoms with Gasteiger partial charge in [0, 0.05) is 59.0 Å². The second-order valence-electron chi connectivity index (χ2n) is 8.22. The van der Waals surface area contributed by atoms with Gasteiger partial charge in [0.05, 0.1) is 16.7 Å². The summed E-state index contributed by atoms with van der Waals surface area (Å²) in [6.45, 7) is 0.739. The molecule has 12 nitrogen and oxygen atoms in total. The number of imide groups is 1. The third-order valence-electron chi connectivity index (χ3n) is 6.00. The molecule has 0 atom stereocenters. The number of para-hydroxylation sites is 1. The van der Waals surface area contributed by atoms with Crippen LogP contribution in [-0.2, 0) is 16.1 Å². The minimum atomic E-state index is -0.885. The van der Waals surface area contributed by atoms with Gasteiger partial charge in [0.15, 0.2) is 5.03 Å². The van der Waals surface area contributed by atoms with Crippen LogP contribution in [0.25, 0.3) is 33.0 Å². The molecule has 0 unspecified atom stereocenters. The van der Waals surface area contributed by atoms with E-state index in [9.17, 15) is 24.8 Å². The number of nitrogens with two attached hydrogens (primary N) is 1. The van der Waals surface area contributed by atoms with E-state index in [-0.39, 0.29) is 22.9 Å². The Balaban J connectivity index is 1.57. The quantitative estimate of drug-likeness (QED) is 0.0659. The Morgan fingerprint density at radius 2 is 1.86 bits per heavy atom. The highest BCUT2D eigenvalue weighted by Crippen LogP contribution is 2.38. The van der Waals surface area contributed by atoms with Gasteiger partial charge in [0.2, 0.25) is 0 Å². The first-order valence-corrected chi connectivity index (χ1v) is 11.0. The van der Waals surface area contributed by atoms with Crippen LogP contribution in [-0.4, -0.2) is 44.0 Å². The Kier molecular flexibility index (Phi) is 5.60. The van der Waals surface area contributed by atoms with Crippen LogP contribution in [0.2, 0.25) is 0 Å². The number of phenolic OH excluding ortho intramolecular Hbond substituents is 1. The molecular formula is C24H21N7O5. The summed E-state index contributed by atoms with van der Waals surface area (Å²) >= 11 is 0. The zero-order valence-electron chi connectivity index (χ0n) is 18.8. The Morgan fingerprint density at radius 1 is 1.11 bits per heavy atom. The van der Waals surface area contributed by atoms with Crippen LogP contribution in [0, 0.1) is 10.1 Å². The van der Waals surface area contributed by atoms with Gasteiger partial charge in [0.1, 0.15) is 10.9 Å². The molecule has 6 N–H and O–H groups in total. The van der Waals surface area contributed by atoms with E-state index in [1.54, 1.807) is 24.5 Å². The van der Waals surface area contributed by atoms with Crippen molar-refractivity contribution in [1.82, 2.24) is 20.2 Å². The summed E-state index contributed by atoms with van der Waals surface area (Å²) in [5.41, 5.74) is 8.65. The number of phenols is 1. The molecule has 4 aromatic rings. The maximum atomic E-state index is 13.0. The summed E-state index contributed by atoms with van der Waals surface area (Å²) in [5, 5.41) is 29.2. The molecule has 2 amide bonds. The lowest BCUT2D eigenvalue weighted by Gasteiger charge is -2.06. The third kappa shape index (κ3) is 4.00. The van der Waals surface area contributed by atoms with Gasteiger partial charge in [-0.05, 0) is 24.6 Å². The second-order valence-corrected chi connectivity index (χ2v) is 8.22. The monoisotopic (exact) mass is 487 g/mol. The number of hydrogen-bond acceptors (Lipinski definition) is 5. The number of carbonyl (C=O) groups excluding carboxylic acids is 2. The number of benzene rings is 2. The number of amides is 2. The zero-order valence-corrected chi connectivity index (χ0v) is 18.8. The van der Waals surface area contributed by atoms with E-state index in [1.807, 2.05) is 28.8 Å². The van der Waals surface area contributed by atoms with E-state index in [2.05, 4.69) is 20.7 Å². The summed E-state index contributed by atoms with van der Waals surface area (Å²) in [6.07, 6.45) is 3.99. The van der Waals surface area contributed by atoms with Crippen molar-refractivity contribution in [2.75, 3.05) is 6.54 Å². The van der Waals surface area contributed by atoms with Crippen LogP contribution in [0.5, 0.6) is 5.75 Å². The lowest BCUT2D eigenvalue weighted by atomic mass is 9.95. The van der Waals surface area contributed by atoms with Gasteiger partial charge in [-0.1, -0.05) is 18.2 Å². The summed E-state index contributed by atoms with van der Waals surface area (Å²) < 4.78 is 1.85. The standard InChI is InChI=1S/C24H21N7O5/c25-24(29-31(35)36)26-8-3-9-30-12-17(15-7-6-13(32)10-19(15)30)21-20(22(33)28-23(21)34)16-11-27-18-5-2-1-4-14(16)18/h1-2,4-7,10-12,27,32H,3,8-9H2,(H3,25,26,29)(H,28,33,34). The molecule has 0 bridgehead atoms. The SMILES string of the molecule is NC(=N[N+](=O)[O-])NCCCn1cc(C2=C(c3c[nH]c4ccccc34)C(=O)NC2=O)c2ccc(O)cc21. The Hall–Kier alpha value is -5.13. The number of nitrogens with zero attached hydrogens (tertiary/aromatic N) is 3. The highest BCUT2D eigenvalue weighted by atomic mass is 16.7. The van der Waals surface area contributed by atoms with Crippen LogP contribution < -0.4 is 16.4 Å². The van der Waals surface area contributed by atoms with Crippen molar-refractivity contribution in [3.05, 3.63) is 76.1 Å². The molecule has 182 valence electrons. The van der Waals surface area contributed by atoms with Gasteiger partial charge in [0.25, 0.3) is 17.8 Å². The minimum absolute atomic E-state index is 0.0478. The summed E-state index contributed by atoms with van der Waals surface area (Å²) in [4.78, 5) is 39.5. The lowest BCUT2D eigenvalue weighted by Crippen LogP contribution is -2.33. The van der Waals surface area contributed by atoms with Gasteiger partial charge < -0.3 is 25.7 Å². The smallest absolute Gasteiger partial charge is 0.266 e. The van der Waals surface area contributed by atoms with Gasteiger partial charge >= 0.3 is 0 Å². The number of rotatable bonds is 7. The number of guanidine groups is 1. The lowest BCUT2D eigenvalue weighted by molar-refractivity contribution is -0.485. The van der Waals surface area contributed by atoms with E-state index in [1.165, 1.54) is 6.07 Å². The van der Waals surface area contributed by atoms with Crippen LogP contribution in [0.15, 0.2) is 60.0 Å². The summed E-state index contributed by atoms with van der Waals surface area (Å²) in [7, 11) is 0. The molecule has 0 aliphatic carbocycles. The van der Waals surface area contributed by atoms with Crippen molar-refractivity contribution in [3.8, 4) is 5.75 Å². The molecule has 0 spiro atoms. The molecule has 1 aliphatic heterocycles. The average Bonchev–Trinajstić information content (AvgIpc) is 3.49. The molecule has 0 saturated heterocycles. The number of fused-ring (bicyclic) bond motifs is 2. The molecule has 0 radical (unpaired) electrons. The normalized spacial score (nSPS) is 14.2. The van der Waals surface area contributed by atoms with Crippen molar-refractivity contribution in [1.29, 1.82) is 0 Å². The second kappa shape index (κ2) is 8.91. The highest BCUT2D eigenvalue weighted by Gasteiger charge is 2.35. The van der Waals surface area contributed by atoms with E-state index in [4.69, 9.17) is 5.73 Å². The third-order valence-corrected chi connectivity index (χ3v) is 6.00. The summed E-state index contributed by atoms with van der Waals surface area (Å²) in [6, 6.07) is 12.3. The first-order valence-electron chi connectivity index (χ1n) is 11.0. The Bertz CT molecular complexity index is 1610. The maximum absolute atomic E-state index is 13.0. The Labute approximate surface area is 203 Å². The fourth-order valence-electron chi connectivity index (χ4n) is 4.50. The van der Waals surface area contributed by atoms with Crippen LogP contribution in [0.1, 0.15) is 17.5 Å². The number of hydrogen-bond donors (Lipinski definition) is 5. The molecule has 36 heavy (non-hydrogen) atoms. The molecule has 12 heteroatoms. The number of carbonyl (C=O) groups is 2. The highest BCUT2D eigenvalue weighted by molar-refractivity contribution is 6.50. The van der Waals surface area contributed by atoms with E-state index in [0.29, 0.717) is 41.5 Å². The number of aromatic hydroxyl groups is 1. The van der Waals surface area contributed by atoms with E-state index < -0.39 is 16.8 Å². The van der Waals surface area contributed by atoms with Crippen LogP contribution in [0.4, 0.5) is 0 Å². The minimum Gasteiger partial charge on any atom is -0.508 e. The number of aryl methyl sites for hydroxylation is 1. The molecular weight excluding hydrogens is 466 g/mol. The fraction of sp³-hybridized carbons (Fsp3) is 0.125. The van der Waals surface area contributed by atoms with Crippen molar-refractivity contribution >= 4 is 50.7 Å². The number of nitrogens with one attached hydrogen (secondary N) is 3. The predicted molar refractivity (Wildman–Crippen MR) is 133 cm³/mol.